The molecule has 3 nitrogen and oxygen atoms in total. The Labute approximate surface area is 90.6 Å². The predicted octanol–water partition coefficient (Wildman–Crippen LogP) is 0.773. The van der Waals surface area contributed by atoms with E-state index in [1.807, 2.05) is 0 Å². The second-order valence-corrected chi connectivity index (χ2v) is 4.79. The second-order valence-electron chi connectivity index (χ2n) is 4.32. The molecule has 0 bridgehead atoms. The van der Waals surface area contributed by atoms with Gasteiger partial charge in [-0.15, -0.1) is 0 Å². The van der Waals surface area contributed by atoms with Crippen molar-refractivity contribution >= 4 is 17.2 Å². The molecule has 1 aliphatic carbocycles. The molecule has 1 saturated carbocycles. The summed E-state index contributed by atoms with van der Waals surface area (Å²) in [6.45, 7) is 3.92. The summed E-state index contributed by atoms with van der Waals surface area (Å²) in [5.41, 5.74) is 5.59. The molecule has 0 aromatic rings. The zero-order chi connectivity index (χ0) is 9.97. The Morgan fingerprint density at radius 2 is 2.29 bits per heavy atom. The minimum absolute atomic E-state index is 0.0150. The first-order valence-corrected chi connectivity index (χ1v) is 5.80. The van der Waals surface area contributed by atoms with E-state index in [1.165, 1.54) is 25.8 Å². The summed E-state index contributed by atoms with van der Waals surface area (Å²) in [6, 6.07) is 0. The summed E-state index contributed by atoms with van der Waals surface area (Å²) < 4.78 is 5.49. The molecule has 80 valence electrons. The van der Waals surface area contributed by atoms with E-state index in [0.29, 0.717) is 4.99 Å². The maximum absolute atomic E-state index is 5.59. The average Bonchev–Trinajstić information content (AvgIpc) is 2.12. The van der Waals surface area contributed by atoms with Crippen molar-refractivity contribution in [3.05, 3.63) is 0 Å². The monoisotopic (exact) mass is 214 g/mol. The topological polar surface area (TPSA) is 38.5 Å². The Balaban J connectivity index is 1.78. The highest BCUT2D eigenvalue weighted by Crippen LogP contribution is 2.27. The number of nitrogens with zero attached hydrogens (tertiary/aromatic N) is 1. The fourth-order valence-electron chi connectivity index (χ4n) is 2.08. The van der Waals surface area contributed by atoms with Gasteiger partial charge in [-0.05, 0) is 18.8 Å². The maximum Gasteiger partial charge on any atom is 0.120 e. The molecule has 2 N–H and O–H groups in total. The molecular weight excluding hydrogens is 196 g/mol. The highest BCUT2D eigenvalue weighted by Gasteiger charge is 2.26. The first kappa shape index (κ1) is 10.3. The number of rotatable bonds is 3. The molecule has 0 aromatic carbocycles. The van der Waals surface area contributed by atoms with E-state index in [4.69, 9.17) is 22.7 Å². The van der Waals surface area contributed by atoms with Gasteiger partial charge < -0.3 is 10.5 Å². The van der Waals surface area contributed by atoms with E-state index < -0.39 is 0 Å². The molecule has 1 aliphatic heterocycles. The van der Waals surface area contributed by atoms with Gasteiger partial charge in [-0.25, -0.2) is 0 Å². The van der Waals surface area contributed by atoms with Crippen LogP contribution in [0.2, 0.25) is 0 Å². The molecule has 2 aliphatic rings. The lowest BCUT2D eigenvalue weighted by molar-refractivity contribution is -0.00354. The van der Waals surface area contributed by atoms with Gasteiger partial charge in [0.25, 0.3) is 0 Å². The summed E-state index contributed by atoms with van der Waals surface area (Å²) in [5, 5.41) is 0. The third-order valence-electron chi connectivity index (χ3n) is 3.21. The van der Waals surface area contributed by atoms with Crippen molar-refractivity contribution in [3.8, 4) is 0 Å². The number of ether oxygens (including phenoxy) is 1. The van der Waals surface area contributed by atoms with Crippen LogP contribution in [0.15, 0.2) is 0 Å². The van der Waals surface area contributed by atoms with Gasteiger partial charge in [-0.3, -0.25) is 4.90 Å². The smallest absolute Gasteiger partial charge is 0.120 e. The summed E-state index contributed by atoms with van der Waals surface area (Å²) in [5.74, 6) is 0.917. The van der Waals surface area contributed by atoms with E-state index in [-0.39, 0.29) is 6.10 Å². The Bertz CT molecular complexity index is 218. The molecule has 0 radical (unpaired) electrons. The number of hydrogen-bond donors (Lipinski definition) is 1. The Morgan fingerprint density at radius 3 is 2.86 bits per heavy atom. The minimum atomic E-state index is -0.0150. The first-order chi connectivity index (χ1) is 6.75. The third kappa shape index (κ3) is 2.43. The van der Waals surface area contributed by atoms with Crippen molar-refractivity contribution in [1.82, 2.24) is 4.90 Å². The predicted molar refractivity (Wildman–Crippen MR) is 60.3 cm³/mol. The fraction of sp³-hybridized carbons (Fsp3) is 0.900. The first-order valence-electron chi connectivity index (χ1n) is 5.39. The van der Waals surface area contributed by atoms with Crippen LogP contribution in [0.25, 0.3) is 0 Å². The highest BCUT2D eigenvalue weighted by atomic mass is 32.1. The molecule has 0 aromatic heterocycles. The highest BCUT2D eigenvalue weighted by molar-refractivity contribution is 7.80. The van der Waals surface area contributed by atoms with Crippen LogP contribution in [-0.2, 0) is 4.74 Å². The molecular formula is C10H18N2OS. The molecule has 14 heavy (non-hydrogen) atoms. The molecule has 1 atom stereocenters. The lowest BCUT2D eigenvalue weighted by atomic mass is 9.85. The van der Waals surface area contributed by atoms with Gasteiger partial charge in [0.1, 0.15) is 11.1 Å². The molecule has 2 rings (SSSR count). The van der Waals surface area contributed by atoms with Crippen molar-refractivity contribution in [3.63, 3.8) is 0 Å². The summed E-state index contributed by atoms with van der Waals surface area (Å²) in [4.78, 5) is 2.94. The van der Waals surface area contributed by atoms with Gasteiger partial charge in [-0.2, -0.15) is 0 Å². The summed E-state index contributed by atoms with van der Waals surface area (Å²) in [6.07, 6.45) is 4.19. The molecule has 0 spiro atoms. The van der Waals surface area contributed by atoms with Crippen molar-refractivity contribution in [1.29, 1.82) is 0 Å². The van der Waals surface area contributed by atoms with Crippen LogP contribution in [0.5, 0.6) is 0 Å². The number of hydrogen-bond acceptors (Lipinski definition) is 3. The lowest BCUT2D eigenvalue weighted by Gasteiger charge is -2.37. The van der Waals surface area contributed by atoms with Crippen LogP contribution in [0.4, 0.5) is 0 Å². The quantitative estimate of drug-likeness (QED) is 0.704. The number of morpholine rings is 1. The SMILES string of the molecule is NC(=S)C1CN(CC2CCC2)CCO1. The van der Waals surface area contributed by atoms with E-state index in [2.05, 4.69) is 4.90 Å². The van der Waals surface area contributed by atoms with Crippen LogP contribution in [-0.4, -0.2) is 42.2 Å². The van der Waals surface area contributed by atoms with Crippen molar-refractivity contribution in [2.75, 3.05) is 26.2 Å². The van der Waals surface area contributed by atoms with Crippen molar-refractivity contribution in [2.45, 2.75) is 25.4 Å². The van der Waals surface area contributed by atoms with Crippen LogP contribution >= 0.6 is 12.2 Å². The van der Waals surface area contributed by atoms with Gasteiger partial charge in [0, 0.05) is 19.6 Å². The molecule has 2 fully saturated rings. The van der Waals surface area contributed by atoms with Crippen molar-refractivity contribution < 1.29 is 4.74 Å². The normalized spacial score (nSPS) is 29.9. The number of thiocarbonyl (C=S) groups is 1. The Kier molecular flexibility index (Phi) is 3.36. The number of nitrogens with two attached hydrogens (primary N) is 1. The van der Waals surface area contributed by atoms with Gasteiger partial charge in [0.05, 0.1) is 6.61 Å². The zero-order valence-electron chi connectivity index (χ0n) is 8.45. The minimum Gasteiger partial charge on any atom is -0.391 e. The van der Waals surface area contributed by atoms with E-state index in [0.717, 1.165) is 25.6 Å². The third-order valence-corrected chi connectivity index (χ3v) is 3.47. The lowest BCUT2D eigenvalue weighted by Crippen LogP contribution is -2.49. The van der Waals surface area contributed by atoms with Crippen LogP contribution < -0.4 is 5.73 Å². The summed E-state index contributed by atoms with van der Waals surface area (Å²) in [7, 11) is 0. The maximum atomic E-state index is 5.59. The van der Waals surface area contributed by atoms with Crippen LogP contribution in [0.3, 0.4) is 0 Å². The largest absolute Gasteiger partial charge is 0.391 e. The molecule has 4 heteroatoms. The van der Waals surface area contributed by atoms with E-state index in [9.17, 15) is 0 Å². The molecule has 0 amide bonds. The summed E-state index contributed by atoms with van der Waals surface area (Å²) >= 11 is 4.95. The Hall–Kier alpha value is -0.190. The average molecular weight is 214 g/mol. The van der Waals surface area contributed by atoms with Crippen LogP contribution in [0, 0.1) is 5.92 Å². The van der Waals surface area contributed by atoms with E-state index >= 15 is 0 Å². The molecule has 1 unspecified atom stereocenters. The second kappa shape index (κ2) is 4.55. The standard InChI is InChI=1S/C10H18N2OS/c11-10(14)9-7-12(4-5-13-9)6-8-2-1-3-8/h8-9H,1-7H2,(H2,11,14). The van der Waals surface area contributed by atoms with Gasteiger partial charge in [0.15, 0.2) is 0 Å². The van der Waals surface area contributed by atoms with Gasteiger partial charge in [0.2, 0.25) is 0 Å². The van der Waals surface area contributed by atoms with Crippen LogP contribution in [0.1, 0.15) is 19.3 Å². The fourth-order valence-corrected chi connectivity index (χ4v) is 2.22. The van der Waals surface area contributed by atoms with Crippen molar-refractivity contribution in [2.24, 2.45) is 11.7 Å². The molecule has 1 heterocycles. The Morgan fingerprint density at radius 1 is 1.50 bits per heavy atom. The van der Waals surface area contributed by atoms with E-state index in [1.54, 1.807) is 0 Å². The van der Waals surface area contributed by atoms with Gasteiger partial charge in [-0.1, -0.05) is 18.6 Å². The zero-order valence-corrected chi connectivity index (χ0v) is 9.26. The van der Waals surface area contributed by atoms with Gasteiger partial charge >= 0.3 is 0 Å². The molecule has 1 saturated heterocycles.